The van der Waals surface area contributed by atoms with Gasteiger partial charge in [-0.25, -0.2) is 0 Å². The Hall–Kier alpha value is -2.90. The van der Waals surface area contributed by atoms with E-state index in [-0.39, 0.29) is 23.5 Å². The first-order valence-corrected chi connectivity index (χ1v) is 10.7. The SMILES string of the molecule is CC(=O)Nc1cccc(NC(=O)CSc2nnc(NC(=O)c3snnc3C)s2)c1. The van der Waals surface area contributed by atoms with E-state index in [1.54, 1.807) is 31.2 Å². The molecule has 29 heavy (non-hydrogen) atoms. The van der Waals surface area contributed by atoms with Crippen molar-refractivity contribution in [3.05, 3.63) is 34.8 Å². The van der Waals surface area contributed by atoms with Gasteiger partial charge in [-0.1, -0.05) is 33.7 Å². The molecule has 0 aliphatic carbocycles. The molecule has 150 valence electrons. The number of thioether (sulfide) groups is 1. The van der Waals surface area contributed by atoms with Crippen molar-refractivity contribution in [1.29, 1.82) is 0 Å². The molecule has 3 aromatic rings. The van der Waals surface area contributed by atoms with Crippen molar-refractivity contribution >= 4 is 68.9 Å². The molecule has 0 aliphatic rings. The molecule has 0 fully saturated rings. The highest BCUT2D eigenvalue weighted by molar-refractivity contribution is 8.01. The highest BCUT2D eigenvalue weighted by Crippen LogP contribution is 2.26. The Morgan fingerprint density at radius 2 is 1.83 bits per heavy atom. The fourth-order valence-corrected chi connectivity index (χ4v) is 4.21. The van der Waals surface area contributed by atoms with Crippen molar-refractivity contribution in [3.8, 4) is 0 Å². The molecule has 0 saturated carbocycles. The molecular formula is C16H15N7O3S3. The average molecular weight is 450 g/mol. The summed E-state index contributed by atoms with van der Waals surface area (Å²) < 4.78 is 4.26. The summed E-state index contributed by atoms with van der Waals surface area (Å²) in [4.78, 5) is 35.8. The van der Waals surface area contributed by atoms with E-state index in [2.05, 4.69) is 35.7 Å². The molecule has 1 aromatic carbocycles. The highest BCUT2D eigenvalue weighted by Gasteiger charge is 2.16. The van der Waals surface area contributed by atoms with Gasteiger partial charge in [-0.05, 0) is 36.7 Å². The van der Waals surface area contributed by atoms with Crippen LogP contribution in [0.1, 0.15) is 22.3 Å². The number of aryl methyl sites for hydroxylation is 1. The third-order valence-electron chi connectivity index (χ3n) is 3.28. The zero-order chi connectivity index (χ0) is 20.8. The Morgan fingerprint density at radius 3 is 2.52 bits per heavy atom. The quantitative estimate of drug-likeness (QED) is 0.369. The zero-order valence-electron chi connectivity index (χ0n) is 15.3. The molecule has 3 rings (SSSR count). The van der Waals surface area contributed by atoms with E-state index in [0.717, 1.165) is 11.5 Å². The second-order valence-corrected chi connectivity index (χ2v) is 8.57. The molecule has 0 unspecified atom stereocenters. The van der Waals surface area contributed by atoms with E-state index in [9.17, 15) is 14.4 Å². The first-order valence-electron chi connectivity index (χ1n) is 8.15. The monoisotopic (exact) mass is 449 g/mol. The van der Waals surface area contributed by atoms with Gasteiger partial charge >= 0.3 is 0 Å². The number of nitrogens with one attached hydrogen (secondary N) is 3. The smallest absolute Gasteiger partial charge is 0.271 e. The van der Waals surface area contributed by atoms with Crippen molar-refractivity contribution in [2.75, 3.05) is 21.7 Å². The van der Waals surface area contributed by atoms with E-state index in [0.29, 0.717) is 31.4 Å². The maximum absolute atomic E-state index is 12.2. The van der Waals surface area contributed by atoms with Crippen LogP contribution in [0.4, 0.5) is 16.5 Å². The minimum Gasteiger partial charge on any atom is -0.326 e. The van der Waals surface area contributed by atoms with Gasteiger partial charge in [-0.3, -0.25) is 19.7 Å². The van der Waals surface area contributed by atoms with Gasteiger partial charge in [-0.15, -0.1) is 15.3 Å². The second kappa shape index (κ2) is 9.54. The highest BCUT2D eigenvalue weighted by atomic mass is 32.2. The molecule has 2 aromatic heterocycles. The molecule has 0 radical (unpaired) electrons. The summed E-state index contributed by atoms with van der Waals surface area (Å²) in [6, 6.07) is 6.85. The average Bonchev–Trinajstić information content (AvgIpc) is 3.28. The van der Waals surface area contributed by atoms with Gasteiger partial charge in [-0.2, -0.15) is 0 Å². The lowest BCUT2D eigenvalue weighted by Gasteiger charge is -2.07. The van der Waals surface area contributed by atoms with Crippen molar-refractivity contribution < 1.29 is 14.4 Å². The van der Waals surface area contributed by atoms with Crippen LogP contribution in [0.2, 0.25) is 0 Å². The van der Waals surface area contributed by atoms with E-state index in [1.807, 2.05) is 0 Å². The summed E-state index contributed by atoms with van der Waals surface area (Å²) in [5, 5.41) is 20.0. The summed E-state index contributed by atoms with van der Waals surface area (Å²) in [5.41, 5.74) is 1.71. The normalized spacial score (nSPS) is 10.4. The Bertz CT molecular complexity index is 1050. The van der Waals surface area contributed by atoms with Crippen molar-refractivity contribution in [1.82, 2.24) is 19.8 Å². The molecule has 0 aliphatic heterocycles. The standard InChI is InChI=1S/C16H15N7O3S3/c1-8-13(29-23-20-8)14(26)19-15-21-22-16(28-15)27-7-12(25)18-11-5-3-4-10(6-11)17-9(2)24/h3-6H,7H2,1-2H3,(H,17,24)(H,18,25)(H,19,21,26). The number of amides is 3. The van der Waals surface area contributed by atoms with Crippen molar-refractivity contribution in [2.24, 2.45) is 0 Å². The van der Waals surface area contributed by atoms with Gasteiger partial charge in [0.15, 0.2) is 4.34 Å². The number of carbonyl (C=O) groups is 3. The van der Waals surface area contributed by atoms with Gasteiger partial charge in [0.25, 0.3) is 5.91 Å². The van der Waals surface area contributed by atoms with Crippen LogP contribution >= 0.6 is 34.6 Å². The number of hydrogen-bond donors (Lipinski definition) is 3. The molecule has 10 nitrogen and oxygen atoms in total. The number of rotatable bonds is 7. The summed E-state index contributed by atoms with van der Waals surface area (Å²) in [6.45, 7) is 3.11. The van der Waals surface area contributed by atoms with Gasteiger partial charge in [0.05, 0.1) is 11.4 Å². The molecule has 0 atom stereocenters. The fourth-order valence-electron chi connectivity index (χ4n) is 2.11. The number of benzene rings is 1. The molecule has 0 saturated heterocycles. The van der Waals surface area contributed by atoms with E-state index >= 15 is 0 Å². The van der Waals surface area contributed by atoms with Crippen LogP contribution in [0, 0.1) is 6.92 Å². The van der Waals surface area contributed by atoms with E-state index < -0.39 is 0 Å². The molecule has 3 amide bonds. The van der Waals surface area contributed by atoms with Crippen molar-refractivity contribution in [3.63, 3.8) is 0 Å². The van der Waals surface area contributed by atoms with Crippen LogP contribution in [-0.4, -0.2) is 43.3 Å². The van der Waals surface area contributed by atoms with Crippen LogP contribution in [0.5, 0.6) is 0 Å². The lowest BCUT2D eigenvalue weighted by atomic mass is 10.2. The molecule has 13 heteroatoms. The van der Waals surface area contributed by atoms with Gasteiger partial charge < -0.3 is 10.6 Å². The molecule has 2 heterocycles. The molecule has 0 spiro atoms. The minimum absolute atomic E-state index is 0.116. The lowest BCUT2D eigenvalue weighted by Crippen LogP contribution is -2.14. The first-order chi connectivity index (χ1) is 13.9. The van der Waals surface area contributed by atoms with Crippen LogP contribution < -0.4 is 16.0 Å². The van der Waals surface area contributed by atoms with Crippen LogP contribution in [0.25, 0.3) is 0 Å². The molecule has 0 bridgehead atoms. The van der Waals surface area contributed by atoms with Crippen LogP contribution in [-0.2, 0) is 9.59 Å². The number of carbonyl (C=O) groups excluding carboxylic acids is 3. The second-order valence-electron chi connectivity index (χ2n) is 5.61. The fraction of sp³-hybridized carbons (Fsp3) is 0.188. The summed E-state index contributed by atoms with van der Waals surface area (Å²) in [5.74, 6) is -0.653. The maximum atomic E-state index is 12.2. The van der Waals surface area contributed by atoms with E-state index in [1.165, 1.54) is 30.0 Å². The van der Waals surface area contributed by atoms with E-state index in [4.69, 9.17) is 0 Å². The third kappa shape index (κ3) is 6.04. The zero-order valence-corrected chi connectivity index (χ0v) is 17.7. The van der Waals surface area contributed by atoms with Gasteiger partial charge in [0.2, 0.25) is 16.9 Å². The van der Waals surface area contributed by atoms with Gasteiger partial charge in [0.1, 0.15) is 4.88 Å². The third-order valence-corrected chi connectivity index (χ3v) is 6.08. The predicted molar refractivity (Wildman–Crippen MR) is 113 cm³/mol. The minimum atomic E-state index is -0.345. The summed E-state index contributed by atoms with van der Waals surface area (Å²) in [6.07, 6.45) is 0. The summed E-state index contributed by atoms with van der Waals surface area (Å²) in [7, 11) is 0. The van der Waals surface area contributed by atoms with Crippen LogP contribution in [0.15, 0.2) is 28.6 Å². The Kier molecular flexibility index (Phi) is 6.85. The Balaban J connectivity index is 1.50. The number of hydrogen-bond acceptors (Lipinski definition) is 10. The first kappa shape index (κ1) is 20.8. The van der Waals surface area contributed by atoms with Crippen LogP contribution in [0.3, 0.4) is 0 Å². The topological polar surface area (TPSA) is 139 Å². The molecular weight excluding hydrogens is 434 g/mol. The Morgan fingerprint density at radius 1 is 1.07 bits per heavy atom. The number of aromatic nitrogens is 4. The Labute approximate surface area is 177 Å². The number of nitrogens with zero attached hydrogens (tertiary/aromatic N) is 4. The predicted octanol–water partition coefficient (Wildman–Crippen LogP) is 2.64. The maximum Gasteiger partial charge on any atom is 0.271 e. The lowest BCUT2D eigenvalue weighted by molar-refractivity contribution is -0.114. The number of anilines is 3. The van der Waals surface area contributed by atoms with Crippen molar-refractivity contribution in [2.45, 2.75) is 18.2 Å². The largest absolute Gasteiger partial charge is 0.326 e. The molecule has 3 N–H and O–H groups in total. The van der Waals surface area contributed by atoms with Gasteiger partial charge in [0, 0.05) is 18.3 Å². The summed E-state index contributed by atoms with van der Waals surface area (Å²) >= 11 is 3.37.